The third-order valence-electron chi connectivity index (χ3n) is 3.84. The smallest absolute Gasteiger partial charge is 0.263 e. The number of halogens is 1. The Morgan fingerprint density at radius 3 is 2.28 bits per heavy atom. The van der Waals surface area contributed by atoms with Crippen LogP contribution in [0.3, 0.4) is 0 Å². The number of carbonyl (C=O) groups excluding carboxylic acids is 1. The summed E-state index contributed by atoms with van der Waals surface area (Å²) in [7, 11) is -2.27. The van der Waals surface area contributed by atoms with Gasteiger partial charge in [-0.1, -0.05) is 23.7 Å². The first-order valence-electron chi connectivity index (χ1n) is 8.40. The first kappa shape index (κ1) is 20.6. The third-order valence-corrected chi connectivity index (χ3v) is 5.42. The van der Waals surface area contributed by atoms with Gasteiger partial charge in [-0.3, -0.25) is 9.52 Å². The van der Waals surface area contributed by atoms with E-state index in [0.717, 1.165) is 5.56 Å². The van der Waals surface area contributed by atoms with Crippen molar-refractivity contribution in [2.75, 3.05) is 17.1 Å². The van der Waals surface area contributed by atoms with Gasteiger partial charge in [-0.2, -0.15) is 0 Å². The van der Waals surface area contributed by atoms with Gasteiger partial charge >= 0.3 is 0 Å². The Morgan fingerprint density at radius 2 is 1.69 bits per heavy atom. The molecule has 10 heteroatoms. The fourth-order valence-electron chi connectivity index (χ4n) is 2.42. The molecular weight excluding hydrogens is 416 g/mol. The van der Waals surface area contributed by atoms with E-state index in [1.165, 1.54) is 36.4 Å². The Morgan fingerprint density at radius 1 is 1.00 bits per heavy atom. The molecule has 29 heavy (non-hydrogen) atoms. The van der Waals surface area contributed by atoms with Gasteiger partial charge in [-0.25, -0.2) is 8.42 Å². The lowest BCUT2D eigenvalue weighted by atomic mass is 10.1. The molecule has 0 aliphatic carbocycles. The van der Waals surface area contributed by atoms with Crippen LogP contribution in [0.2, 0.25) is 5.15 Å². The Bertz CT molecular complexity index is 1090. The van der Waals surface area contributed by atoms with Crippen LogP contribution in [0.4, 0.5) is 11.5 Å². The predicted octanol–water partition coefficient (Wildman–Crippen LogP) is 3.12. The van der Waals surface area contributed by atoms with Gasteiger partial charge in [0.1, 0.15) is 5.75 Å². The van der Waals surface area contributed by atoms with Crippen molar-refractivity contribution in [2.24, 2.45) is 0 Å². The Labute approximate surface area is 172 Å². The number of hydrogen-bond donors (Lipinski definition) is 2. The molecule has 0 aliphatic heterocycles. The monoisotopic (exact) mass is 432 g/mol. The summed E-state index contributed by atoms with van der Waals surface area (Å²) in [6, 6.07) is 15.8. The average Bonchev–Trinajstić information content (AvgIpc) is 2.70. The second-order valence-electron chi connectivity index (χ2n) is 5.94. The Hall–Kier alpha value is -3.17. The molecule has 1 aromatic heterocycles. The zero-order valence-electron chi connectivity index (χ0n) is 15.3. The lowest BCUT2D eigenvalue weighted by molar-refractivity contribution is -0.115. The second kappa shape index (κ2) is 8.89. The van der Waals surface area contributed by atoms with Crippen LogP contribution < -0.4 is 14.8 Å². The number of sulfonamides is 1. The van der Waals surface area contributed by atoms with E-state index in [0.29, 0.717) is 11.4 Å². The average molecular weight is 433 g/mol. The van der Waals surface area contributed by atoms with Gasteiger partial charge in [0, 0.05) is 5.69 Å². The summed E-state index contributed by atoms with van der Waals surface area (Å²) in [6.45, 7) is 0. The quantitative estimate of drug-likeness (QED) is 0.593. The zero-order chi connectivity index (χ0) is 20.9. The summed E-state index contributed by atoms with van der Waals surface area (Å²) in [5.41, 5.74) is 1.31. The van der Waals surface area contributed by atoms with E-state index in [-0.39, 0.29) is 28.2 Å². The number of rotatable bonds is 7. The molecule has 0 saturated carbocycles. The third kappa shape index (κ3) is 5.66. The molecule has 2 N–H and O–H groups in total. The van der Waals surface area contributed by atoms with Crippen molar-refractivity contribution in [3.63, 3.8) is 0 Å². The first-order chi connectivity index (χ1) is 13.9. The summed E-state index contributed by atoms with van der Waals surface area (Å²) in [5, 5.41) is 10.1. The summed E-state index contributed by atoms with van der Waals surface area (Å²) >= 11 is 5.63. The number of nitrogens with one attached hydrogen (secondary N) is 2. The van der Waals surface area contributed by atoms with Crippen molar-refractivity contribution in [1.82, 2.24) is 10.2 Å². The highest BCUT2D eigenvalue weighted by Gasteiger charge is 2.15. The summed E-state index contributed by atoms with van der Waals surface area (Å²) in [6.07, 6.45) is 0.181. The van der Waals surface area contributed by atoms with E-state index in [1.807, 2.05) is 0 Å². The Kier molecular flexibility index (Phi) is 6.30. The number of anilines is 2. The van der Waals surface area contributed by atoms with Crippen LogP contribution in [-0.4, -0.2) is 31.6 Å². The summed E-state index contributed by atoms with van der Waals surface area (Å²) in [4.78, 5) is 12.2. The van der Waals surface area contributed by atoms with Crippen LogP contribution in [-0.2, 0) is 21.2 Å². The van der Waals surface area contributed by atoms with E-state index in [2.05, 4.69) is 20.2 Å². The SMILES string of the molecule is COc1ccc(CC(=O)Nc2ccc(S(=O)(=O)Nc3ccc(Cl)nn3)cc2)cc1. The maximum atomic E-state index is 12.4. The largest absolute Gasteiger partial charge is 0.497 e. The number of methoxy groups -OCH3 is 1. The molecule has 0 spiro atoms. The molecule has 2 aromatic carbocycles. The molecule has 0 atom stereocenters. The molecule has 0 radical (unpaired) electrons. The maximum absolute atomic E-state index is 12.4. The molecule has 1 heterocycles. The highest BCUT2D eigenvalue weighted by atomic mass is 35.5. The van der Waals surface area contributed by atoms with Crippen molar-refractivity contribution >= 4 is 39.0 Å². The summed E-state index contributed by atoms with van der Waals surface area (Å²) < 4.78 is 32.2. The number of carbonyl (C=O) groups is 1. The maximum Gasteiger partial charge on any atom is 0.263 e. The van der Waals surface area contributed by atoms with Crippen LogP contribution in [0.5, 0.6) is 5.75 Å². The lowest BCUT2D eigenvalue weighted by Crippen LogP contribution is -2.16. The molecule has 8 nitrogen and oxygen atoms in total. The van der Waals surface area contributed by atoms with Crippen molar-refractivity contribution in [3.05, 3.63) is 71.4 Å². The molecule has 0 bridgehead atoms. The van der Waals surface area contributed by atoms with E-state index < -0.39 is 10.0 Å². The number of aromatic nitrogens is 2. The molecule has 1 amide bonds. The highest BCUT2D eigenvalue weighted by molar-refractivity contribution is 7.92. The first-order valence-corrected chi connectivity index (χ1v) is 10.3. The second-order valence-corrected chi connectivity index (χ2v) is 8.01. The lowest BCUT2D eigenvalue weighted by Gasteiger charge is -2.09. The van der Waals surface area contributed by atoms with Gasteiger partial charge in [0.05, 0.1) is 18.4 Å². The van der Waals surface area contributed by atoms with Crippen molar-refractivity contribution in [3.8, 4) is 5.75 Å². The molecule has 150 valence electrons. The fourth-order valence-corrected chi connectivity index (χ4v) is 3.52. The predicted molar refractivity (Wildman–Crippen MR) is 110 cm³/mol. The minimum absolute atomic E-state index is 0.0161. The number of amides is 1. The Balaban J connectivity index is 1.62. The highest BCUT2D eigenvalue weighted by Crippen LogP contribution is 2.18. The number of nitrogens with zero attached hydrogens (tertiary/aromatic N) is 2. The van der Waals surface area contributed by atoms with Gasteiger partial charge in [0.25, 0.3) is 10.0 Å². The molecule has 0 unspecified atom stereocenters. The van der Waals surface area contributed by atoms with E-state index in [9.17, 15) is 13.2 Å². The fraction of sp³-hybridized carbons (Fsp3) is 0.105. The molecule has 3 rings (SSSR count). The number of benzene rings is 2. The molecule has 0 fully saturated rings. The van der Waals surface area contributed by atoms with Gasteiger partial charge in [0.15, 0.2) is 11.0 Å². The van der Waals surface area contributed by atoms with Gasteiger partial charge in [0.2, 0.25) is 5.91 Å². The van der Waals surface area contributed by atoms with Gasteiger partial charge in [-0.15, -0.1) is 10.2 Å². The molecule has 0 aliphatic rings. The minimum Gasteiger partial charge on any atom is -0.497 e. The standard InChI is InChI=1S/C19H17ClN4O4S/c1-28-15-6-2-13(3-7-15)12-19(25)21-14-4-8-16(9-5-14)29(26,27)24-18-11-10-17(20)22-23-18/h2-11H,12H2,1H3,(H,21,25)(H,23,24). The summed E-state index contributed by atoms with van der Waals surface area (Å²) in [5.74, 6) is 0.538. The van der Waals surface area contributed by atoms with Crippen molar-refractivity contribution in [2.45, 2.75) is 11.3 Å². The van der Waals surface area contributed by atoms with Crippen molar-refractivity contribution in [1.29, 1.82) is 0 Å². The van der Waals surface area contributed by atoms with Crippen LogP contribution in [0.15, 0.2) is 65.6 Å². The topological polar surface area (TPSA) is 110 Å². The van der Waals surface area contributed by atoms with E-state index in [1.54, 1.807) is 31.4 Å². The number of hydrogen-bond acceptors (Lipinski definition) is 6. The van der Waals surface area contributed by atoms with Crippen LogP contribution in [0.1, 0.15) is 5.56 Å². The normalized spacial score (nSPS) is 11.0. The van der Waals surface area contributed by atoms with Gasteiger partial charge in [-0.05, 0) is 54.1 Å². The molecule has 3 aromatic rings. The molecular formula is C19H17ClN4O4S. The van der Waals surface area contributed by atoms with Gasteiger partial charge < -0.3 is 10.1 Å². The van der Waals surface area contributed by atoms with Crippen LogP contribution >= 0.6 is 11.6 Å². The van der Waals surface area contributed by atoms with Crippen LogP contribution in [0.25, 0.3) is 0 Å². The minimum atomic E-state index is -3.85. The van der Waals surface area contributed by atoms with Crippen LogP contribution in [0, 0.1) is 0 Å². The zero-order valence-corrected chi connectivity index (χ0v) is 16.9. The van der Waals surface area contributed by atoms with E-state index in [4.69, 9.17) is 16.3 Å². The number of ether oxygens (including phenoxy) is 1. The van der Waals surface area contributed by atoms with E-state index >= 15 is 0 Å². The molecule has 0 saturated heterocycles. The van der Waals surface area contributed by atoms with Crippen molar-refractivity contribution < 1.29 is 17.9 Å².